The highest BCUT2D eigenvalue weighted by Crippen LogP contribution is 2.19. The molecule has 1 nitrogen and oxygen atoms in total. The third-order valence-electron chi connectivity index (χ3n) is 3.01. The Bertz CT molecular complexity index is 515. The largest absolute Gasteiger partial charge is 0.309 e. The molecule has 0 aliphatic carbocycles. The number of benzene rings is 2. The molecule has 100 valence electrons. The van der Waals surface area contributed by atoms with Crippen LogP contribution in [0.15, 0.2) is 42.5 Å². The molecule has 0 bridgehead atoms. The highest BCUT2D eigenvalue weighted by Gasteiger charge is 1.99. The van der Waals surface area contributed by atoms with E-state index in [0.717, 1.165) is 25.1 Å². The maximum Gasteiger partial charge on any atom is 0.0424 e. The van der Waals surface area contributed by atoms with E-state index >= 15 is 0 Å². The van der Waals surface area contributed by atoms with Gasteiger partial charge in [0.1, 0.15) is 0 Å². The third-order valence-corrected chi connectivity index (χ3v) is 3.45. The summed E-state index contributed by atoms with van der Waals surface area (Å²) in [6.45, 7) is 3.76. The molecule has 0 saturated heterocycles. The molecule has 0 aliphatic rings. The Labute approximate surface area is 124 Å². The van der Waals surface area contributed by atoms with Crippen LogP contribution in [0.3, 0.4) is 0 Å². The zero-order chi connectivity index (χ0) is 13.7. The fourth-order valence-electron chi connectivity index (χ4n) is 1.96. The van der Waals surface area contributed by atoms with Crippen LogP contribution >= 0.6 is 23.2 Å². The Balaban J connectivity index is 1.88. The Kier molecular flexibility index (Phi) is 5.26. The van der Waals surface area contributed by atoms with Gasteiger partial charge in [-0.1, -0.05) is 54.4 Å². The van der Waals surface area contributed by atoms with Crippen molar-refractivity contribution in [1.82, 2.24) is 5.32 Å². The van der Waals surface area contributed by atoms with E-state index in [1.54, 1.807) is 6.07 Å². The molecule has 1 N–H and O–H groups in total. The average Bonchev–Trinajstić information content (AvgIpc) is 2.38. The number of hydrogen-bond donors (Lipinski definition) is 1. The van der Waals surface area contributed by atoms with Gasteiger partial charge >= 0.3 is 0 Å². The van der Waals surface area contributed by atoms with Crippen molar-refractivity contribution in [3.8, 4) is 0 Å². The van der Waals surface area contributed by atoms with E-state index in [9.17, 15) is 0 Å². The van der Waals surface area contributed by atoms with Crippen LogP contribution in [0.5, 0.6) is 0 Å². The van der Waals surface area contributed by atoms with Crippen molar-refractivity contribution in [2.75, 3.05) is 0 Å². The van der Waals surface area contributed by atoms with Crippen molar-refractivity contribution in [3.05, 3.63) is 69.2 Å². The Morgan fingerprint density at radius 1 is 0.789 bits per heavy atom. The minimum absolute atomic E-state index is 0.677. The molecule has 0 aliphatic heterocycles. The van der Waals surface area contributed by atoms with Gasteiger partial charge < -0.3 is 5.32 Å². The quantitative estimate of drug-likeness (QED) is 0.831. The number of hydrogen-bond acceptors (Lipinski definition) is 1. The van der Waals surface area contributed by atoms with E-state index in [1.807, 2.05) is 12.1 Å². The lowest BCUT2D eigenvalue weighted by molar-refractivity contribution is 0.693. The summed E-state index contributed by atoms with van der Waals surface area (Å²) in [5.41, 5.74) is 3.75. The monoisotopic (exact) mass is 293 g/mol. The Morgan fingerprint density at radius 2 is 1.32 bits per heavy atom. The molecule has 19 heavy (non-hydrogen) atoms. The molecule has 0 unspecified atom stereocenters. The smallest absolute Gasteiger partial charge is 0.0424 e. The zero-order valence-corrected chi connectivity index (χ0v) is 12.4. The van der Waals surface area contributed by atoms with Crippen LogP contribution in [0, 0.1) is 0 Å². The molecule has 2 aromatic carbocycles. The highest BCUT2D eigenvalue weighted by atomic mass is 35.5. The maximum atomic E-state index is 5.97. The van der Waals surface area contributed by atoms with Crippen LogP contribution in [0.25, 0.3) is 0 Å². The summed E-state index contributed by atoms with van der Waals surface area (Å²) >= 11 is 11.9. The van der Waals surface area contributed by atoms with Gasteiger partial charge in [0.05, 0.1) is 0 Å². The minimum atomic E-state index is 0.677. The Morgan fingerprint density at radius 3 is 1.89 bits per heavy atom. The normalized spacial score (nSPS) is 10.7. The molecule has 0 heterocycles. The fraction of sp³-hybridized carbons (Fsp3) is 0.250. The van der Waals surface area contributed by atoms with Crippen LogP contribution in [0.2, 0.25) is 10.0 Å². The summed E-state index contributed by atoms with van der Waals surface area (Å²) in [5.74, 6) is 0. The molecular formula is C16H17Cl2N. The molecule has 3 heteroatoms. The van der Waals surface area contributed by atoms with Crippen molar-refractivity contribution in [3.63, 3.8) is 0 Å². The molecule has 0 fully saturated rings. The molecule has 0 radical (unpaired) electrons. The third kappa shape index (κ3) is 4.54. The average molecular weight is 294 g/mol. The van der Waals surface area contributed by atoms with E-state index in [0.29, 0.717) is 10.0 Å². The van der Waals surface area contributed by atoms with Gasteiger partial charge in [0.2, 0.25) is 0 Å². The molecule has 0 atom stereocenters. The number of aryl methyl sites for hydroxylation is 1. The van der Waals surface area contributed by atoms with Crippen LogP contribution < -0.4 is 5.32 Å². The lowest BCUT2D eigenvalue weighted by Crippen LogP contribution is -2.12. The lowest BCUT2D eigenvalue weighted by atomic mass is 10.1. The SMILES string of the molecule is CCc1ccc(CNCc2cc(Cl)cc(Cl)c2)cc1. The van der Waals surface area contributed by atoms with Gasteiger partial charge in [-0.3, -0.25) is 0 Å². The van der Waals surface area contributed by atoms with E-state index < -0.39 is 0 Å². The molecule has 2 rings (SSSR count). The van der Waals surface area contributed by atoms with Gasteiger partial charge in [-0.2, -0.15) is 0 Å². The van der Waals surface area contributed by atoms with Crippen LogP contribution in [0.4, 0.5) is 0 Å². The van der Waals surface area contributed by atoms with E-state index in [-0.39, 0.29) is 0 Å². The first-order valence-electron chi connectivity index (χ1n) is 6.41. The van der Waals surface area contributed by atoms with Gasteiger partial charge in [0.15, 0.2) is 0 Å². The number of rotatable bonds is 5. The summed E-state index contributed by atoms with van der Waals surface area (Å²) in [4.78, 5) is 0. The van der Waals surface area contributed by atoms with Gasteiger partial charge in [-0.25, -0.2) is 0 Å². The van der Waals surface area contributed by atoms with Gasteiger partial charge in [0.25, 0.3) is 0 Å². The first-order valence-corrected chi connectivity index (χ1v) is 7.16. The summed E-state index contributed by atoms with van der Waals surface area (Å²) in [6.07, 6.45) is 1.08. The van der Waals surface area contributed by atoms with E-state index in [4.69, 9.17) is 23.2 Å². The number of nitrogens with one attached hydrogen (secondary N) is 1. The summed E-state index contributed by atoms with van der Waals surface area (Å²) in [6, 6.07) is 14.3. The highest BCUT2D eigenvalue weighted by molar-refractivity contribution is 6.34. The molecule has 0 aromatic heterocycles. The standard InChI is InChI=1S/C16H17Cl2N/c1-2-12-3-5-13(6-4-12)10-19-11-14-7-15(17)9-16(18)8-14/h3-9,19H,2,10-11H2,1H3. The molecule has 0 spiro atoms. The van der Waals surface area contributed by atoms with Crippen LogP contribution in [-0.4, -0.2) is 0 Å². The van der Waals surface area contributed by atoms with Crippen LogP contribution in [0.1, 0.15) is 23.6 Å². The summed E-state index contributed by atoms with van der Waals surface area (Å²) in [5, 5.41) is 4.75. The Hall–Kier alpha value is -1.02. The van der Waals surface area contributed by atoms with Crippen molar-refractivity contribution in [1.29, 1.82) is 0 Å². The first-order chi connectivity index (χ1) is 9.17. The fourth-order valence-corrected chi connectivity index (χ4v) is 2.53. The minimum Gasteiger partial charge on any atom is -0.309 e. The van der Waals surface area contributed by atoms with Gasteiger partial charge in [-0.15, -0.1) is 0 Å². The molecule has 2 aromatic rings. The predicted molar refractivity (Wildman–Crippen MR) is 82.8 cm³/mol. The molecule has 0 saturated carbocycles. The van der Waals surface area contributed by atoms with Crippen molar-refractivity contribution in [2.45, 2.75) is 26.4 Å². The van der Waals surface area contributed by atoms with E-state index in [1.165, 1.54) is 11.1 Å². The van der Waals surface area contributed by atoms with Gasteiger partial charge in [-0.05, 0) is 41.3 Å². The summed E-state index contributed by atoms with van der Waals surface area (Å²) in [7, 11) is 0. The van der Waals surface area contributed by atoms with Crippen LogP contribution in [-0.2, 0) is 19.5 Å². The maximum absolute atomic E-state index is 5.97. The second-order valence-electron chi connectivity index (χ2n) is 4.55. The second kappa shape index (κ2) is 6.95. The van der Waals surface area contributed by atoms with Crippen molar-refractivity contribution >= 4 is 23.2 Å². The number of halogens is 2. The van der Waals surface area contributed by atoms with Crippen molar-refractivity contribution < 1.29 is 0 Å². The predicted octanol–water partition coefficient (Wildman–Crippen LogP) is 4.85. The topological polar surface area (TPSA) is 12.0 Å². The summed E-state index contributed by atoms with van der Waals surface area (Å²) < 4.78 is 0. The zero-order valence-electron chi connectivity index (χ0n) is 10.9. The van der Waals surface area contributed by atoms with Crippen molar-refractivity contribution in [2.24, 2.45) is 0 Å². The lowest BCUT2D eigenvalue weighted by Gasteiger charge is -2.07. The first kappa shape index (κ1) is 14.4. The van der Waals surface area contributed by atoms with E-state index in [2.05, 4.69) is 36.5 Å². The van der Waals surface area contributed by atoms with Gasteiger partial charge in [0, 0.05) is 23.1 Å². The second-order valence-corrected chi connectivity index (χ2v) is 5.42. The molecular weight excluding hydrogens is 277 g/mol. The molecule has 0 amide bonds.